The number of allylic oxidation sites excluding steroid dienone is 1. The third kappa shape index (κ3) is 2.71. The molecule has 7 heteroatoms. The second-order valence-corrected chi connectivity index (χ2v) is 8.75. The number of methoxy groups -OCH3 is 1. The Bertz CT molecular complexity index is 986. The first-order chi connectivity index (χ1) is 14.4. The molecule has 0 unspecified atom stereocenters. The molecule has 30 heavy (non-hydrogen) atoms. The summed E-state index contributed by atoms with van der Waals surface area (Å²) >= 11 is 0. The van der Waals surface area contributed by atoms with Crippen LogP contribution in [0.15, 0.2) is 35.0 Å². The number of ether oxygens (including phenoxy) is 4. The summed E-state index contributed by atoms with van der Waals surface area (Å²) in [5.74, 6) is 1.14. The minimum absolute atomic E-state index is 0.00858. The van der Waals surface area contributed by atoms with Crippen LogP contribution in [0.25, 0.3) is 0 Å². The average Bonchev–Trinajstić information content (AvgIpc) is 3.40. The summed E-state index contributed by atoms with van der Waals surface area (Å²) in [4.78, 5) is 24.0. The lowest BCUT2D eigenvalue weighted by Crippen LogP contribution is -2.18. The van der Waals surface area contributed by atoms with Gasteiger partial charge in [0, 0.05) is 30.5 Å². The Morgan fingerprint density at radius 2 is 1.90 bits per heavy atom. The lowest BCUT2D eigenvalue weighted by molar-refractivity contribution is -0.144. The smallest absolute Gasteiger partial charge is 0.343 e. The molecule has 7 nitrogen and oxygen atoms in total. The van der Waals surface area contributed by atoms with Gasteiger partial charge >= 0.3 is 11.9 Å². The molecule has 160 valence electrons. The largest absolute Gasteiger partial charge is 0.492 e. The second kappa shape index (κ2) is 6.93. The first-order valence-corrected chi connectivity index (χ1v) is 10.7. The van der Waals surface area contributed by atoms with Crippen LogP contribution in [0.1, 0.15) is 63.4 Å². The van der Waals surface area contributed by atoms with E-state index in [9.17, 15) is 9.59 Å². The van der Waals surface area contributed by atoms with E-state index in [-0.39, 0.29) is 41.9 Å². The second-order valence-electron chi connectivity index (χ2n) is 8.75. The van der Waals surface area contributed by atoms with Crippen LogP contribution in [-0.2, 0) is 35.1 Å². The number of hydrogen-bond acceptors (Lipinski definition) is 6. The van der Waals surface area contributed by atoms with Crippen molar-refractivity contribution in [2.75, 3.05) is 7.11 Å². The number of cyclic esters (lactones) is 2. The van der Waals surface area contributed by atoms with Crippen LogP contribution >= 0.6 is 0 Å². The zero-order valence-corrected chi connectivity index (χ0v) is 17.8. The van der Waals surface area contributed by atoms with E-state index in [2.05, 4.69) is 23.6 Å². The van der Waals surface area contributed by atoms with E-state index in [1.807, 2.05) is 6.92 Å². The Labute approximate surface area is 175 Å². The van der Waals surface area contributed by atoms with Gasteiger partial charge in [-0.1, -0.05) is 13.8 Å². The molecule has 0 amide bonds. The van der Waals surface area contributed by atoms with Crippen LogP contribution in [0, 0.1) is 11.8 Å². The summed E-state index contributed by atoms with van der Waals surface area (Å²) < 4.78 is 25.3. The van der Waals surface area contributed by atoms with Crippen LogP contribution in [0.4, 0.5) is 0 Å². The van der Waals surface area contributed by atoms with E-state index < -0.39 is 0 Å². The number of aromatic nitrogens is 1. The SMILES string of the molecule is COC1=C(C)C(=O)O/C1=C1\O[C@@H]2CCCn3c(ccc3[C@@H]3C[C@H](C)C(=O)O3)[C@H]2[C@@H]1C. The number of hydrogen-bond donors (Lipinski definition) is 0. The Morgan fingerprint density at radius 1 is 1.13 bits per heavy atom. The quantitative estimate of drug-likeness (QED) is 0.688. The third-order valence-corrected chi connectivity index (χ3v) is 6.93. The molecule has 5 atom stereocenters. The Morgan fingerprint density at radius 3 is 2.60 bits per heavy atom. The molecule has 0 bridgehead atoms. The molecule has 1 aromatic rings. The normalized spacial score (nSPS) is 35.5. The van der Waals surface area contributed by atoms with Gasteiger partial charge in [-0.25, -0.2) is 4.79 Å². The Kier molecular flexibility index (Phi) is 4.45. The zero-order valence-electron chi connectivity index (χ0n) is 17.8. The number of esters is 2. The molecule has 2 fully saturated rings. The molecular weight excluding hydrogens is 386 g/mol. The molecule has 5 rings (SSSR count). The molecule has 2 saturated heterocycles. The van der Waals surface area contributed by atoms with Crippen molar-refractivity contribution in [2.45, 2.75) is 64.7 Å². The monoisotopic (exact) mass is 413 g/mol. The maximum absolute atomic E-state index is 12.1. The standard InChI is InChI=1S/C23H27NO6/c1-11-10-17(29-22(11)25)14-7-8-15-18-12(2)20(28-16(18)6-5-9-24(14)15)21-19(27-4)13(3)23(26)30-21/h7-8,11-12,16-18H,5-6,9-10H2,1-4H3/b21-20-/t11-,12-,16+,17-,18+/m0/s1. The van der Waals surface area contributed by atoms with Gasteiger partial charge in [-0.2, -0.15) is 0 Å². The predicted octanol–water partition coefficient (Wildman–Crippen LogP) is 3.71. The van der Waals surface area contributed by atoms with Crippen LogP contribution < -0.4 is 0 Å². The van der Waals surface area contributed by atoms with Crippen molar-refractivity contribution >= 4 is 11.9 Å². The summed E-state index contributed by atoms with van der Waals surface area (Å²) in [7, 11) is 1.54. The van der Waals surface area contributed by atoms with E-state index in [1.165, 1.54) is 5.69 Å². The van der Waals surface area contributed by atoms with Gasteiger partial charge in [0.2, 0.25) is 5.76 Å². The van der Waals surface area contributed by atoms with Crippen LogP contribution in [0.2, 0.25) is 0 Å². The lowest BCUT2D eigenvalue weighted by atomic mass is 9.86. The molecule has 0 aromatic carbocycles. The summed E-state index contributed by atoms with van der Waals surface area (Å²) in [6.45, 7) is 6.61. The number of carbonyl (C=O) groups excluding carboxylic acids is 2. The fourth-order valence-electron chi connectivity index (χ4n) is 5.34. The van der Waals surface area contributed by atoms with Gasteiger partial charge in [0.1, 0.15) is 18.0 Å². The molecule has 4 aliphatic heterocycles. The van der Waals surface area contributed by atoms with Gasteiger partial charge in [0.05, 0.1) is 24.3 Å². The van der Waals surface area contributed by atoms with Crippen molar-refractivity contribution in [3.05, 3.63) is 46.4 Å². The summed E-state index contributed by atoms with van der Waals surface area (Å²) in [6, 6.07) is 4.23. The molecule has 0 spiro atoms. The molecular formula is C23H27NO6. The lowest BCUT2D eigenvalue weighted by Gasteiger charge is -2.20. The first-order valence-electron chi connectivity index (χ1n) is 10.7. The third-order valence-electron chi connectivity index (χ3n) is 6.93. The highest BCUT2D eigenvalue weighted by atomic mass is 16.6. The fourth-order valence-corrected chi connectivity index (χ4v) is 5.34. The molecule has 0 aliphatic carbocycles. The van der Waals surface area contributed by atoms with Gasteiger partial charge < -0.3 is 23.5 Å². The Hall–Kier alpha value is -2.70. The number of fused-ring (bicyclic) bond motifs is 3. The highest BCUT2D eigenvalue weighted by Gasteiger charge is 2.47. The Balaban J connectivity index is 1.52. The maximum Gasteiger partial charge on any atom is 0.343 e. The summed E-state index contributed by atoms with van der Waals surface area (Å²) in [5, 5.41) is 0. The number of carbonyl (C=O) groups is 2. The van der Waals surface area contributed by atoms with Gasteiger partial charge in [0.25, 0.3) is 0 Å². The summed E-state index contributed by atoms with van der Waals surface area (Å²) in [6.07, 6.45) is 2.42. The van der Waals surface area contributed by atoms with Gasteiger partial charge in [-0.05, 0) is 31.9 Å². The van der Waals surface area contributed by atoms with E-state index in [0.29, 0.717) is 22.9 Å². The fraction of sp³-hybridized carbons (Fsp3) is 0.565. The zero-order chi connectivity index (χ0) is 21.2. The van der Waals surface area contributed by atoms with Crippen LogP contribution in [0.3, 0.4) is 0 Å². The minimum Gasteiger partial charge on any atom is -0.492 e. The topological polar surface area (TPSA) is 76.0 Å². The first kappa shape index (κ1) is 19.3. The van der Waals surface area contributed by atoms with Crippen LogP contribution in [-0.4, -0.2) is 29.7 Å². The highest BCUT2D eigenvalue weighted by molar-refractivity contribution is 5.93. The average molecular weight is 413 g/mol. The van der Waals surface area contributed by atoms with Crippen molar-refractivity contribution in [3.63, 3.8) is 0 Å². The van der Waals surface area contributed by atoms with E-state index >= 15 is 0 Å². The van der Waals surface area contributed by atoms with E-state index in [1.54, 1.807) is 14.0 Å². The van der Waals surface area contributed by atoms with Crippen molar-refractivity contribution < 1.29 is 28.5 Å². The molecule has 0 N–H and O–H groups in total. The van der Waals surface area contributed by atoms with Gasteiger partial charge in [-0.15, -0.1) is 0 Å². The van der Waals surface area contributed by atoms with Crippen molar-refractivity contribution in [3.8, 4) is 0 Å². The van der Waals surface area contributed by atoms with Crippen molar-refractivity contribution in [1.29, 1.82) is 0 Å². The predicted molar refractivity (Wildman–Crippen MR) is 106 cm³/mol. The van der Waals surface area contributed by atoms with Crippen molar-refractivity contribution in [2.24, 2.45) is 11.8 Å². The van der Waals surface area contributed by atoms with Gasteiger partial charge in [0.15, 0.2) is 5.76 Å². The van der Waals surface area contributed by atoms with E-state index in [0.717, 1.165) is 31.5 Å². The van der Waals surface area contributed by atoms with Crippen molar-refractivity contribution in [1.82, 2.24) is 4.57 Å². The van der Waals surface area contributed by atoms with Crippen LogP contribution in [0.5, 0.6) is 0 Å². The highest BCUT2D eigenvalue weighted by Crippen LogP contribution is 2.50. The molecule has 1 aromatic heterocycles. The molecule has 5 heterocycles. The molecule has 0 radical (unpaired) electrons. The molecule has 4 aliphatic rings. The number of nitrogens with zero attached hydrogens (tertiary/aromatic N) is 1. The molecule has 0 saturated carbocycles. The maximum atomic E-state index is 12.1. The van der Waals surface area contributed by atoms with Gasteiger partial charge in [-0.3, -0.25) is 4.79 Å². The number of rotatable bonds is 2. The minimum atomic E-state index is -0.389. The summed E-state index contributed by atoms with van der Waals surface area (Å²) in [5.41, 5.74) is 2.72. The van der Waals surface area contributed by atoms with E-state index in [4.69, 9.17) is 18.9 Å².